The summed E-state index contributed by atoms with van der Waals surface area (Å²) in [4.78, 5) is 21.0. The lowest BCUT2D eigenvalue weighted by Crippen LogP contribution is -2.68. The smallest absolute Gasteiger partial charge is 0.248 e. The summed E-state index contributed by atoms with van der Waals surface area (Å²) < 4.78 is 14.6. The molecule has 0 unspecified atom stereocenters. The monoisotopic (exact) mass is 455 g/mol. The van der Waals surface area contributed by atoms with Gasteiger partial charge < -0.3 is 15.1 Å². The summed E-state index contributed by atoms with van der Waals surface area (Å²) in [5.41, 5.74) is 2.22. The molecule has 4 rings (SSSR count). The molecule has 2 aromatic heterocycles. The zero-order chi connectivity index (χ0) is 24.1. The molecule has 1 saturated heterocycles. The fourth-order valence-corrected chi connectivity index (χ4v) is 4.70. The van der Waals surface area contributed by atoms with Crippen LogP contribution in [-0.4, -0.2) is 71.9 Å². The summed E-state index contributed by atoms with van der Waals surface area (Å²) >= 11 is 0. The minimum absolute atomic E-state index is 0.144. The Hall–Kier alpha value is -3.04. The Bertz CT molecular complexity index is 1220. The number of pyridine rings is 1. The maximum absolute atomic E-state index is 14.6. The van der Waals surface area contributed by atoms with Crippen LogP contribution in [0.25, 0.3) is 22.3 Å². The number of H-pyrrole nitrogens is 1. The Morgan fingerprint density at radius 1 is 1.18 bits per heavy atom. The number of aliphatic hydroxyl groups excluding tert-OH is 1. The number of rotatable bonds is 4. The Labute approximate surface area is 192 Å². The van der Waals surface area contributed by atoms with Crippen LogP contribution in [0.5, 0.6) is 5.75 Å². The van der Waals surface area contributed by atoms with Gasteiger partial charge in [0, 0.05) is 42.2 Å². The van der Waals surface area contributed by atoms with Gasteiger partial charge in [-0.05, 0) is 58.4 Å². The minimum atomic E-state index is -0.554. The number of hydrogen-bond donors (Lipinski definition) is 3. The van der Waals surface area contributed by atoms with Crippen LogP contribution in [0, 0.1) is 12.7 Å². The second kappa shape index (κ2) is 8.07. The maximum Gasteiger partial charge on any atom is 0.248 e. The number of aryl methyl sites for hydroxylation is 1. The van der Waals surface area contributed by atoms with Gasteiger partial charge in [0.15, 0.2) is 5.65 Å². The van der Waals surface area contributed by atoms with Crippen LogP contribution in [0.1, 0.15) is 39.0 Å². The normalized spacial score (nSPS) is 18.1. The lowest BCUT2D eigenvalue weighted by molar-refractivity contribution is -0.150. The van der Waals surface area contributed by atoms with Crippen molar-refractivity contribution in [2.75, 3.05) is 19.7 Å². The highest BCUT2D eigenvalue weighted by molar-refractivity contribution is 5.84. The zero-order valence-electron chi connectivity index (χ0n) is 19.6. The topological polar surface area (TPSA) is 106 Å². The Balaban J connectivity index is 1.77. The van der Waals surface area contributed by atoms with E-state index < -0.39 is 18.0 Å². The van der Waals surface area contributed by atoms with E-state index >= 15 is 0 Å². The molecule has 0 aliphatic carbocycles. The van der Waals surface area contributed by atoms with Gasteiger partial charge in [-0.15, -0.1) is 0 Å². The van der Waals surface area contributed by atoms with E-state index in [0.717, 1.165) is 22.7 Å². The van der Waals surface area contributed by atoms with Crippen LogP contribution in [0.4, 0.5) is 4.39 Å². The molecule has 1 aliphatic rings. The molecule has 0 saturated carbocycles. The maximum atomic E-state index is 14.6. The van der Waals surface area contributed by atoms with Gasteiger partial charge in [0.2, 0.25) is 5.91 Å². The van der Waals surface area contributed by atoms with Gasteiger partial charge in [-0.3, -0.25) is 14.8 Å². The molecule has 0 bridgehead atoms. The molecule has 1 aliphatic heterocycles. The number of aromatic hydroxyl groups is 1. The van der Waals surface area contributed by atoms with Crippen molar-refractivity contribution in [3.63, 3.8) is 0 Å². The number of aromatic nitrogens is 3. The van der Waals surface area contributed by atoms with Gasteiger partial charge >= 0.3 is 0 Å². The second-order valence-electron chi connectivity index (χ2n) is 9.98. The largest absolute Gasteiger partial charge is 0.508 e. The molecule has 1 amide bonds. The molecule has 0 radical (unpaired) electrons. The van der Waals surface area contributed by atoms with Crippen molar-refractivity contribution in [1.82, 2.24) is 25.0 Å². The molecule has 8 nitrogen and oxygen atoms in total. The van der Waals surface area contributed by atoms with Crippen molar-refractivity contribution in [3.8, 4) is 17.0 Å². The van der Waals surface area contributed by atoms with E-state index in [9.17, 15) is 19.4 Å². The van der Waals surface area contributed by atoms with Crippen LogP contribution in [-0.2, 0) is 11.3 Å². The lowest BCUT2D eigenvalue weighted by Gasteiger charge is -2.55. The molecule has 0 atom stereocenters. The summed E-state index contributed by atoms with van der Waals surface area (Å²) in [5, 5.41) is 27.2. The van der Waals surface area contributed by atoms with Crippen molar-refractivity contribution >= 4 is 16.9 Å². The Kier molecular flexibility index (Phi) is 5.66. The van der Waals surface area contributed by atoms with E-state index in [1.165, 1.54) is 12.1 Å². The highest BCUT2D eigenvalue weighted by Crippen LogP contribution is 2.35. The van der Waals surface area contributed by atoms with Crippen molar-refractivity contribution in [1.29, 1.82) is 0 Å². The first-order chi connectivity index (χ1) is 15.4. The average molecular weight is 456 g/mol. The highest BCUT2D eigenvalue weighted by atomic mass is 19.1. The van der Waals surface area contributed by atoms with Crippen molar-refractivity contribution in [2.45, 2.75) is 52.2 Å². The first-order valence-corrected chi connectivity index (χ1v) is 10.9. The number of carbonyl (C=O) groups is 1. The molecule has 1 aromatic carbocycles. The third kappa shape index (κ3) is 4.18. The van der Waals surface area contributed by atoms with E-state index in [-0.39, 0.29) is 17.2 Å². The molecule has 3 aromatic rings. The van der Waals surface area contributed by atoms with Gasteiger partial charge in [0.1, 0.15) is 18.2 Å². The summed E-state index contributed by atoms with van der Waals surface area (Å²) in [6, 6.07) is 5.89. The molecule has 176 valence electrons. The Morgan fingerprint density at radius 2 is 1.91 bits per heavy atom. The lowest BCUT2D eigenvalue weighted by atomic mass is 9.88. The van der Waals surface area contributed by atoms with Crippen LogP contribution in [0.15, 0.2) is 24.3 Å². The number of amides is 1. The number of benzene rings is 1. The number of nitrogens with one attached hydrogen (secondary N) is 1. The van der Waals surface area contributed by atoms with E-state index in [4.69, 9.17) is 0 Å². The third-order valence-electron chi connectivity index (χ3n) is 6.53. The van der Waals surface area contributed by atoms with E-state index in [1.54, 1.807) is 4.90 Å². The van der Waals surface area contributed by atoms with Gasteiger partial charge in [0.25, 0.3) is 0 Å². The number of hydrogen-bond acceptors (Lipinski definition) is 6. The van der Waals surface area contributed by atoms with Crippen LogP contribution in [0.3, 0.4) is 0 Å². The summed E-state index contributed by atoms with van der Waals surface area (Å²) in [6.45, 7) is 11.1. The molecule has 0 spiro atoms. The molecule has 3 heterocycles. The second-order valence-corrected chi connectivity index (χ2v) is 9.98. The van der Waals surface area contributed by atoms with Gasteiger partial charge in [0.05, 0.1) is 16.9 Å². The molecule has 3 N–H and O–H groups in total. The number of phenols is 1. The highest BCUT2D eigenvalue weighted by Gasteiger charge is 2.45. The first-order valence-electron chi connectivity index (χ1n) is 10.9. The van der Waals surface area contributed by atoms with Crippen molar-refractivity contribution < 1.29 is 19.4 Å². The molecule has 1 fully saturated rings. The number of halogens is 1. The summed E-state index contributed by atoms with van der Waals surface area (Å²) in [5.74, 6) is -0.981. The van der Waals surface area contributed by atoms with Gasteiger partial charge in [-0.2, -0.15) is 5.10 Å². The summed E-state index contributed by atoms with van der Waals surface area (Å²) in [7, 11) is 0. The van der Waals surface area contributed by atoms with Gasteiger partial charge in [-0.25, -0.2) is 9.37 Å². The van der Waals surface area contributed by atoms with E-state index in [0.29, 0.717) is 36.5 Å². The number of aliphatic hydroxyl groups is 1. The van der Waals surface area contributed by atoms with E-state index in [2.05, 4.69) is 33.9 Å². The predicted molar refractivity (Wildman–Crippen MR) is 123 cm³/mol. The standard InChI is InChI=1S/C24H30FN5O3/c1-14-21-15(10-29-12-24(4,5)30(20(33)11-31)13-23(29,2)3)8-19(26-22(21)28-27-14)17-7-6-16(32)9-18(17)25/h6-9,31-32H,10-13H2,1-5H3,(H,26,27,28). The third-order valence-corrected chi connectivity index (χ3v) is 6.53. The van der Waals surface area contributed by atoms with Crippen molar-refractivity contribution in [3.05, 3.63) is 41.3 Å². The number of carbonyl (C=O) groups excluding carboxylic acids is 1. The van der Waals surface area contributed by atoms with E-state index in [1.807, 2.05) is 26.8 Å². The predicted octanol–water partition coefficient (Wildman–Crippen LogP) is 2.97. The van der Waals surface area contributed by atoms with Crippen molar-refractivity contribution in [2.24, 2.45) is 0 Å². The van der Waals surface area contributed by atoms with Crippen LogP contribution in [0.2, 0.25) is 0 Å². The van der Waals surface area contributed by atoms with Gasteiger partial charge in [-0.1, -0.05) is 0 Å². The number of piperazine rings is 1. The summed E-state index contributed by atoms with van der Waals surface area (Å²) in [6.07, 6.45) is 0. The molecular formula is C24H30FN5O3. The number of nitrogens with zero attached hydrogens (tertiary/aromatic N) is 4. The zero-order valence-corrected chi connectivity index (χ0v) is 19.6. The number of phenolic OH excluding ortho intramolecular Hbond substituents is 1. The average Bonchev–Trinajstić information content (AvgIpc) is 3.11. The minimum Gasteiger partial charge on any atom is -0.508 e. The first kappa shape index (κ1) is 23.1. The number of aromatic amines is 1. The van der Waals surface area contributed by atoms with Crippen LogP contribution < -0.4 is 0 Å². The fraction of sp³-hybridized carbons (Fsp3) is 0.458. The SMILES string of the molecule is Cc1n[nH]c2nc(-c3ccc(O)cc3F)cc(CN3CC(C)(C)N(C(=O)CO)CC3(C)C)c12. The molecule has 33 heavy (non-hydrogen) atoms. The Morgan fingerprint density at radius 3 is 2.58 bits per heavy atom. The quantitative estimate of drug-likeness (QED) is 0.559. The fourth-order valence-electron chi connectivity index (χ4n) is 4.70. The molecular weight excluding hydrogens is 425 g/mol. The van der Waals surface area contributed by atoms with Crippen LogP contribution >= 0.6 is 0 Å². The number of fused-ring (bicyclic) bond motifs is 1. The molecule has 9 heteroatoms.